The highest BCUT2D eigenvalue weighted by atomic mass is 32.2. The van der Waals surface area contributed by atoms with E-state index in [0.29, 0.717) is 12.3 Å². The number of hydrogen-bond acceptors (Lipinski definition) is 7. The Kier molecular flexibility index (Phi) is 8.11. The highest BCUT2D eigenvalue weighted by Crippen LogP contribution is 2.25. The van der Waals surface area contributed by atoms with Crippen LogP contribution in [0.1, 0.15) is 0 Å². The molecule has 0 fully saturated rings. The number of nitrogens with one attached hydrogen (secondary N) is 1. The molecule has 9 heteroatoms. The minimum Gasteiger partial charge on any atom is -0.475 e. The van der Waals surface area contributed by atoms with Crippen LogP contribution in [0, 0.1) is 10.1 Å². The third-order valence-electron chi connectivity index (χ3n) is 3.21. The third kappa shape index (κ3) is 7.37. The van der Waals surface area contributed by atoms with Gasteiger partial charge >= 0.3 is 11.7 Å². The van der Waals surface area contributed by atoms with Crippen molar-refractivity contribution in [3.63, 3.8) is 0 Å². The molecule has 0 aromatic heterocycles. The van der Waals surface area contributed by atoms with Crippen molar-refractivity contribution < 1.29 is 24.0 Å². The van der Waals surface area contributed by atoms with E-state index in [1.54, 1.807) is 17.8 Å². The maximum atomic E-state index is 11.6. The van der Waals surface area contributed by atoms with E-state index in [4.69, 9.17) is 9.47 Å². The van der Waals surface area contributed by atoms with Crippen LogP contribution in [0.5, 0.6) is 5.75 Å². The SMILES string of the molecule is O=C(COC(=O)COc1ccccc1[N+](=O)[O-])NCCSc1ccccc1. The Labute approximate surface area is 160 Å². The van der Waals surface area contributed by atoms with Crippen molar-refractivity contribution in [3.05, 3.63) is 64.7 Å². The standard InChI is InChI=1S/C18H18N2O6S/c21-17(19-10-11-27-14-6-2-1-3-7-14)12-26-18(22)13-25-16-9-5-4-8-15(16)20(23)24/h1-9H,10-13H2,(H,19,21). The number of esters is 1. The number of carbonyl (C=O) groups is 2. The second-order valence-electron chi connectivity index (χ2n) is 5.19. The molecule has 0 unspecified atom stereocenters. The maximum Gasteiger partial charge on any atom is 0.344 e. The van der Waals surface area contributed by atoms with Crippen LogP contribution in [-0.4, -0.2) is 42.3 Å². The average molecular weight is 390 g/mol. The summed E-state index contributed by atoms with van der Waals surface area (Å²) in [4.78, 5) is 34.6. The van der Waals surface area contributed by atoms with Crippen molar-refractivity contribution in [2.24, 2.45) is 0 Å². The number of thioether (sulfide) groups is 1. The van der Waals surface area contributed by atoms with Crippen LogP contribution in [0.25, 0.3) is 0 Å². The predicted molar refractivity (Wildman–Crippen MR) is 99.7 cm³/mol. The molecule has 27 heavy (non-hydrogen) atoms. The molecule has 0 spiro atoms. The topological polar surface area (TPSA) is 108 Å². The Morgan fingerprint density at radius 1 is 1.04 bits per heavy atom. The van der Waals surface area contributed by atoms with E-state index in [1.165, 1.54) is 18.2 Å². The van der Waals surface area contributed by atoms with Gasteiger partial charge < -0.3 is 14.8 Å². The van der Waals surface area contributed by atoms with E-state index in [9.17, 15) is 19.7 Å². The molecule has 0 saturated heterocycles. The Hall–Kier alpha value is -3.07. The average Bonchev–Trinajstić information content (AvgIpc) is 2.69. The van der Waals surface area contributed by atoms with E-state index in [0.717, 1.165) is 4.90 Å². The molecule has 0 bridgehead atoms. The minimum atomic E-state index is -0.790. The fraction of sp³-hybridized carbons (Fsp3) is 0.222. The van der Waals surface area contributed by atoms with Crippen LogP contribution >= 0.6 is 11.8 Å². The summed E-state index contributed by atoms with van der Waals surface area (Å²) in [6.07, 6.45) is 0. The molecule has 0 atom stereocenters. The van der Waals surface area contributed by atoms with E-state index in [1.807, 2.05) is 30.3 Å². The molecule has 2 aromatic rings. The second kappa shape index (κ2) is 10.8. The summed E-state index contributed by atoms with van der Waals surface area (Å²) in [5.41, 5.74) is -0.251. The van der Waals surface area contributed by atoms with Gasteiger partial charge in [0.25, 0.3) is 5.91 Å². The minimum absolute atomic E-state index is 0.0400. The van der Waals surface area contributed by atoms with Gasteiger partial charge in [-0.05, 0) is 18.2 Å². The largest absolute Gasteiger partial charge is 0.475 e. The van der Waals surface area contributed by atoms with Crippen LogP contribution in [0.3, 0.4) is 0 Å². The summed E-state index contributed by atoms with van der Waals surface area (Å²) in [5, 5.41) is 13.5. The van der Waals surface area contributed by atoms with Crippen LogP contribution in [0.4, 0.5) is 5.69 Å². The van der Waals surface area contributed by atoms with Crippen LogP contribution < -0.4 is 10.1 Å². The van der Waals surface area contributed by atoms with Gasteiger partial charge in [0, 0.05) is 23.3 Å². The van der Waals surface area contributed by atoms with Crippen LogP contribution in [0.2, 0.25) is 0 Å². The number of hydrogen-bond donors (Lipinski definition) is 1. The quantitative estimate of drug-likeness (QED) is 0.218. The van der Waals surface area contributed by atoms with E-state index >= 15 is 0 Å². The Morgan fingerprint density at radius 3 is 2.48 bits per heavy atom. The molecule has 0 radical (unpaired) electrons. The van der Waals surface area contributed by atoms with Gasteiger partial charge in [-0.1, -0.05) is 30.3 Å². The first-order valence-corrected chi connectivity index (χ1v) is 9.01. The number of rotatable bonds is 10. The van der Waals surface area contributed by atoms with Crippen LogP contribution in [0.15, 0.2) is 59.5 Å². The molecule has 0 aliphatic rings. The number of ether oxygens (including phenoxy) is 2. The van der Waals surface area contributed by atoms with Crippen molar-refractivity contribution >= 4 is 29.3 Å². The zero-order chi connectivity index (χ0) is 19.5. The van der Waals surface area contributed by atoms with E-state index in [2.05, 4.69) is 5.32 Å². The van der Waals surface area contributed by atoms with Gasteiger partial charge in [0.15, 0.2) is 19.0 Å². The van der Waals surface area contributed by atoms with Gasteiger partial charge in [0.05, 0.1) is 4.92 Å². The number of benzene rings is 2. The molecule has 1 amide bonds. The van der Waals surface area contributed by atoms with Gasteiger partial charge in [-0.15, -0.1) is 11.8 Å². The highest BCUT2D eigenvalue weighted by molar-refractivity contribution is 7.99. The lowest BCUT2D eigenvalue weighted by Gasteiger charge is -2.08. The third-order valence-corrected chi connectivity index (χ3v) is 4.22. The molecule has 142 valence electrons. The lowest BCUT2D eigenvalue weighted by atomic mass is 10.3. The molecule has 0 aliphatic carbocycles. The number of nitrogens with zero attached hydrogens (tertiary/aromatic N) is 1. The molecule has 1 N–H and O–H groups in total. The number of nitro groups is 1. The maximum absolute atomic E-state index is 11.6. The molecule has 0 saturated carbocycles. The van der Waals surface area contributed by atoms with E-state index in [-0.39, 0.29) is 11.4 Å². The van der Waals surface area contributed by atoms with Gasteiger partial charge in [0.2, 0.25) is 0 Å². The number of amides is 1. The monoisotopic (exact) mass is 390 g/mol. The first-order chi connectivity index (χ1) is 13.1. The molecule has 2 aromatic carbocycles. The van der Waals surface area contributed by atoms with E-state index < -0.39 is 30.0 Å². The Bertz CT molecular complexity index is 784. The zero-order valence-electron chi connectivity index (χ0n) is 14.3. The van der Waals surface area contributed by atoms with Gasteiger partial charge in [0.1, 0.15) is 0 Å². The summed E-state index contributed by atoms with van der Waals surface area (Å²) in [7, 11) is 0. The second-order valence-corrected chi connectivity index (χ2v) is 6.35. The highest BCUT2D eigenvalue weighted by Gasteiger charge is 2.15. The summed E-state index contributed by atoms with van der Waals surface area (Å²) in [6, 6.07) is 15.4. The fourth-order valence-electron chi connectivity index (χ4n) is 1.98. The molecule has 0 heterocycles. The zero-order valence-corrected chi connectivity index (χ0v) is 15.1. The summed E-state index contributed by atoms with van der Waals surface area (Å²) >= 11 is 1.60. The van der Waals surface area contributed by atoms with Crippen molar-refractivity contribution in [3.8, 4) is 5.75 Å². The van der Waals surface area contributed by atoms with Crippen molar-refractivity contribution in [1.82, 2.24) is 5.32 Å². The first kappa shape index (κ1) is 20.2. The van der Waals surface area contributed by atoms with Crippen LogP contribution in [-0.2, 0) is 14.3 Å². The van der Waals surface area contributed by atoms with Crippen molar-refractivity contribution in [2.45, 2.75) is 4.90 Å². The number of para-hydroxylation sites is 2. The van der Waals surface area contributed by atoms with Gasteiger partial charge in [-0.2, -0.15) is 0 Å². The summed E-state index contributed by atoms with van der Waals surface area (Å²) < 4.78 is 9.88. The Morgan fingerprint density at radius 2 is 1.74 bits per heavy atom. The summed E-state index contributed by atoms with van der Waals surface area (Å²) in [6.45, 7) is -0.528. The van der Waals surface area contributed by atoms with Crippen molar-refractivity contribution in [1.29, 1.82) is 0 Å². The normalized spacial score (nSPS) is 10.1. The number of nitro benzene ring substituents is 1. The van der Waals surface area contributed by atoms with Crippen molar-refractivity contribution in [2.75, 3.05) is 25.5 Å². The first-order valence-electron chi connectivity index (χ1n) is 8.02. The molecular weight excluding hydrogens is 372 g/mol. The Balaban J connectivity index is 1.62. The predicted octanol–water partition coefficient (Wildman–Crippen LogP) is 2.43. The summed E-state index contributed by atoms with van der Waals surface area (Å²) in [5.74, 6) is -0.573. The smallest absolute Gasteiger partial charge is 0.344 e. The molecule has 2 rings (SSSR count). The number of carbonyl (C=O) groups excluding carboxylic acids is 2. The molecule has 0 aliphatic heterocycles. The van der Waals surface area contributed by atoms with Gasteiger partial charge in [-0.25, -0.2) is 4.79 Å². The lowest BCUT2D eigenvalue weighted by Crippen LogP contribution is -2.31. The molecule has 8 nitrogen and oxygen atoms in total. The lowest BCUT2D eigenvalue weighted by molar-refractivity contribution is -0.385. The fourth-order valence-corrected chi connectivity index (χ4v) is 2.77. The van der Waals surface area contributed by atoms with Gasteiger partial charge in [-0.3, -0.25) is 14.9 Å². The molecular formula is C18H18N2O6S.